The van der Waals surface area contributed by atoms with Crippen LogP contribution in [0.4, 0.5) is 0 Å². The number of hydrogen-bond acceptors (Lipinski definition) is 6. The lowest BCUT2D eigenvalue weighted by molar-refractivity contribution is 0.0954. The smallest absolute Gasteiger partial charge is 0.271 e. The summed E-state index contributed by atoms with van der Waals surface area (Å²) in [5.41, 5.74) is 5.44. The highest BCUT2D eigenvalue weighted by Gasteiger charge is 2.10. The van der Waals surface area contributed by atoms with Crippen LogP contribution < -0.4 is 5.43 Å². The molecule has 1 fully saturated rings. The van der Waals surface area contributed by atoms with Gasteiger partial charge in [0.25, 0.3) is 5.91 Å². The molecule has 2 heterocycles. The minimum absolute atomic E-state index is 0.165. The van der Waals surface area contributed by atoms with Crippen molar-refractivity contribution in [3.8, 4) is 0 Å². The van der Waals surface area contributed by atoms with Crippen molar-refractivity contribution < 1.29 is 4.79 Å². The van der Waals surface area contributed by atoms with E-state index in [4.69, 9.17) is 0 Å². The lowest BCUT2D eigenvalue weighted by Gasteiger charge is -2.04. The van der Waals surface area contributed by atoms with Crippen molar-refractivity contribution in [2.45, 2.75) is 17.3 Å². The highest BCUT2D eigenvalue weighted by atomic mass is 32.2. The van der Waals surface area contributed by atoms with E-state index in [1.165, 1.54) is 0 Å². The summed E-state index contributed by atoms with van der Waals surface area (Å²) >= 11 is 3.45. The number of amides is 1. The summed E-state index contributed by atoms with van der Waals surface area (Å²) in [5, 5.41) is 12.9. The quantitative estimate of drug-likeness (QED) is 0.664. The maximum Gasteiger partial charge on any atom is 0.271 e. The van der Waals surface area contributed by atoms with Crippen molar-refractivity contribution >= 4 is 35.1 Å². The molecule has 1 aliphatic rings. The van der Waals surface area contributed by atoms with Crippen LogP contribution in [0.25, 0.3) is 0 Å². The van der Waals surface area contributed by atoms with E-state index in [-0.39, 0.29) is 5.91 Å². The highest BCUT2D eigenvalue weighted by Crippen LogP contribution is 2.20. The topological polar surface area (TPSA) is 72.2 Å². The molecule has 1 aliphatic heterocycles. The lowest BCUT2D eigenvalue weighted by atomic mass is 10.1. The van der Waals surface area contributed by atoms with Crippen molar-refractivity contribution in [3.63, 3.8) is 0 Å². The van der Waals surface area contributed by atoms with E-state index in [0.29, 0.717) is 5.56 Å². The fraction of sp³-hybridized carbons (Fsp3) is 0.333. The van der Waals surface area contributed by atoms with Crippen LogP contribution in [-0.2, 0) is 12.8 Å². The van der Waals surface area contributed by atoms with E-state index in [9.17, 15) is 4.79 Å². The molecule has 0 atom stereocenters. The zero-order valence-electron chi connectivity index (χ0n) is 12.7. The SMILES string of the molecule is Cn1cnnc1SCc1ccc(C(=O)N/N=C2/CCSC2)cc1. The van der Waals surface area contributed by atoms with E-state index < -0.39 is 0 Å². The molecule has 0 unspecified atom stereocenters. The fourth-order valence-corrected chi connectivity index (χ4v) is 3.85. The third-order valence-corrected chi connectivity index (χ3v) is 5.51. The van der Waals surface area contributed by atoms with Gasteiger partial charge in [-0.1, -0.05) is 23.9 Å². The van der Waals surface area contributed by atoms with Gasteiger partial charge in [0.05, 0.1) is 0 Å². The molecule has 1 N–H and O–H groups in total. The first-order chi connectivity index (χ1) is 11.2. The van der Waals surface area contributed by atoms with Crippen LogP contribution in [0.5, 0.6) is 0 Å². The number of nitrogens with one attached hydrogen (secondary N) is 1. The third kappa shape index (κ3) is 4.35. The Labute approximate surface area is 143 Å². The minimum Gasteiger partial charge on any atom is -0.312 e. The van der Waals surface area contributed by atoms with Crippen LogP contribution in [0, 0.1) is 0 Å². The largest absolute Gasteiger partial charge is 0.312 e. The molecular weight excluding hydrogens is 330 g/mol. The van der Waals surface area contributed by atoms with Gasteiger partial charge >= 0.3 is 0 Å². The van der Waals surface area contributed by atoms with Gasteiger partial charge in [0.2, 0.25) is 0 Å². The molecule has 8 heteroatoms. The normalized spacial score (nSPS) is 16.0. The molecule has 23 heavy (non-hydrogen) atoms. The minimum atomic E-state index is -0.165. The van der Waals surface area contributed by atoms with Crippen molar-refractivity contribution in [1.29, 1.82) is 0 Å². The number of benzene rings is 1. The van der Waals surface area contributed by atoms with Gasteiger partial charge in [-0.2, -0.15) is 16.9 Å². The van der Waals surface area contributed by atoms with Crippen LogP contribution in [0.2, 0.25) is 0 Å². The Morgan fingerprint density at radius 2 is 2.26 bits per heavy atom. The summed E-state index contributed by atoms with van der Waals surface area (Å²) in [4.78, 5) is 12.1. The van der Waals surface area contributed by atoms with E-state index in [0.717, 1.165) is 40.1 Å². The summed E-state index contributed by atoms with van der Waals surface area (Å²) in [6.07, 6.45) is 2.64. The molecule has 6 nitrogen and oxygen atoms in total. The summed E-state index contributed by atoms with van der Waals surface area (Å²) in [6, 6.07) is 7.56. The fourth-order valence-electron chi connectivity index (χ4n) is 2.04. The van der Waals surface area contributed by atoms with E-state index in [1.54, 1.807) is 18.1 Å². The van der Waals surface area contributed by atoms with Crippen LogP contribution in [0.3, 0.4) is 0 Å². The molecule has 1 amide bonds. The molecule has 0 bridgehead atoms. The van der Waals surface area contributed by atoms with Crippen molar-refractivity contribution in [3.05, 3.63) is 41.7 Å². The standard InChI is InChI=1S/C15H17N5OS2/c1-20-10-16-19-15(20)23-8-11-2-4-12(5-3-11)14(21)18-17-13-6-7-22-9-13/h2-5,10H,6-9H2,1H3,(H,18,21)/b17-13-. The summed E-state index contributed by atoms with van der Waals surface area (Å²) in [7, 11) is 1.92. The Bertz CT molecular complexity index is 703. The number of aryl methyl sites for hydroxylation is 1. The number of thioether (sulfide) groups is 2. The molecule has 0 saturated carbocycles. The third-order valence-electron chi connectivity index (χ3n) is 3.37. The highest BCUT2D eigenvalue weighted by molar-refractivity contribution is 8.00. The Kier molecular flexibility index (Phi) is 5.35. The van der Waals surface area contributed by atoms with Gasteiger partial charge in [0.1, 0.15) is 6.33 Å². The first-order valence-electron chi connectivity index (χ1n) is 7.21. The van der Waals surface area contributed by atoms with Crippen LogP contribution >= 0.6 is 23.5 Å². The molecule has 0 aliphatic carbocycles. The van der Waals surface area contributed by atoms with Crippen molar-refractivity contribution in [1.82, 2.24) is 20.2 Å². The average Bonchev–Trinajstić information content (AvgIpc) is 3.23. The summed E-state index contributed by atoms with van der Waals surface area (Å²) in [6.45, 7) is 0. The molecule has 120 valence electrons. The summed E-state index contributed by atoms with van der Waals surface area (Å²) < 4.78 is 1.88. The second-order valence-electron chi connectivity index (χ2n) is 5.13. The maximum atomic E-state index is 12.1. The number of hydrogen-bond donors (Lipinski definition) is 1. The Morgan fingerprint density at radius 1 is 1.43 bits per heavy atom. The molecule has 3 rings (SSSR count). The molecule has 0 spiro atoms. The molecular formula is C15H17N5OS2. The van der Waals surface area contributed by atoms with Crippen molar-refractivity contribution in [2.75, 3.05) is 11.5 Å². The van der Waals surface area contributed by atoms with Gasteiger partial charge in [0.15, 0.2) is 5.16 Å². The second-order valence-corrected chi connectivity index (χ2v) is 7.18. The number of hydrazone groups is 1. The zero-order chi connectivity index (χ0) is 16.1. The second kappa shape index (κ2) is 7.65. The van der Waals surface area contributed by atoms with Crippen LogP contribution in [0.1, 0.15) is 22.3 Å². The Morgan fingerprint density at radius 3 is 2.91 bits per heavy atom. The van der Waals surface area contributed by atoms with Gasteiger partial charge in [-0.15, -0.1) is 10.2 Å². The monoisotopic (exact) mass is 347 g/mol. The number of carbonyl (C=O) groups excluding carboxylic acids is 1. The number of rotatable bonds is 5. The van der Waals surface area contributed by atoms with Gasteiger partial charge < -0.3 is 4.57 Å². The predicted molar refractivity (Wildman–Crippen MR) is 93.8 cm³/mol. The maximum absolute atomic E-state index is 12.1. The molecule has 0 radical (unpaired) electrons. The van der Waals surface area contributed by atoms with Crippen molar-refractivity contribution in [2.24, 2.45) is 12.1 Å². The zero-order valence-corrected chi connectivity index (χ0v) is 14.4. The molecule has 1 saturated heterocycles. The predicted octanol–water partition coefficient (Wildman–Crippen LogP) is 2.33. The first kappa shape index (κ1) is 16.1. The average molecular weight is 347 g/mol. The van der Waals surface area contributed by atoms with E-state index in [1.807, 2.05) is 47.6 Å². The van der Waals surface area contributed by atoms with Gasteiger partial charge in [-0.05, 0) is 29.9 Å². The van der Waals surface area contributed by atoms with Crippen LogP contribution in [0.15, 0.2) is 40.9 Å². The van der Waals surface area contributed by atoms with Gasteiger partial charge in [-0.3, -0.25) is 4.79 Å². The van der Waals surface area contributed by atoms with Crippen LogP contribution in [-0.4, -0.2) is 37.9 Å². The molecule has 2 aromatic rings. The Balaban J connectivity index is 1.55. The number of aromatic nitrogens is 3. The van der Waals surface area contributed by atoms with Gasteiger partial charge in [0, 0.05) is 29.8 Å². The summed E-state index contributed by atoms with van der Waals surface area (Å²) in [5.74, 6) is 2.63. The number of nitrogens with zero attached hydrogens (tertiary/aromatic N) is 4. The van der Waals surface area contributed by atoms with E-state index in [2.05, 4.69) is 20.7 Å². The molecule has 1 aromatic heterocycles. The number of carbonyl (C=O) groups is 1. The van der Waals surface area contributed by atoms with Gasteiger partial charge in [-0.25, -0.2) is 5.43 Å². The van der Waals surface area contributed by atoms with E-state index >= 15 is 0 Å². The molecule has 1 aromatic carbocycles. The Hall–Kier alpha value is -1.80. The first-order valence-corrected chi connectivity index (χ1v) is 9.35. The lowest BCUT2D eigenvalue weighted by Crippen LogP contribution is -2.19.